The fourth-order valence-electron chi connectivity index (χ4n) is 4.19. The van der Waals surface area contributed by atoms with Crippen molar-refractivity contribution in [1.82, 2.24) is 10.2 Å². The molecule has 120 valence electrons. The van der Waals surface area contributed by atoms with Crippen LogP contribution >= 0.6 is 0 Å². The molecule has 0 bridgehead atoms. The van der Waals surface area contributed by atoms with Crippen molar-refractivity contribution < 1.29 is 13.2 Å². The lowest BCUT2D eigenvalue weighted by molar-refractivity contribution is 0.204. The van der Waals surface area contributed by atoms with E-state index in [1.807, 2.05) is 4.90 Å². The van der Waals surface area contributed by atoms with Crippen molar-refractivity contribution in [3.05, 3.63) is 0 Å². The summed E-state index contributed by atoms with van der Waals surface area (Å²) in [6.45, 7) is 1.96. The van der Waals surface area contributed by atoms with E-state index in [1.165, 1.54) is 25.7 Å². The molecule has 2 atom stereocenters. The van der Waals surface area contributed by atoms with Gasteiger partial charge in [-0.3, -0.25) is 0 Å². The maximum Gasteiger partial charge on any atom is 0.317 e. The van der Waals surface area contributed by atoms with Crippen LogP contribution in [0.5, 0.6) is 0 Å². The topological polar surface area (TPSA) is 66.5 Å². The Morgan fingerprint density at radius 1 is 1.05 bits per heavy atom. The second-order valence-electron chi connectivity index (χ2n) is 6.86. The summed E-state index contributed by atoms with van der Waals surface area (Å²) in [7, 11) is -2.96. The first-order valence-electron chi connectivity index (χ1n) is 8.30. The SMILES string of the molecule is O=C(NCC1CCCS1(=O)=O)N1CCC(C2CCCC2)C1. The minimum Gasteiger partial charge on any atom is -0.337 e. The van der Waals surface area contributed by atoms with Crippen molar-refractivity contribution in [2.75, 3.05) is 25.4 Å². The minimum atomic E-state index is -2.96. The summed E-state index contributed by atoms with van der Waals surface area (Å²) in [5.41, 5.74) is 0. The Morgan fingerprint density at radius 3 is 2.48 bits per heavy atom. The van der Waals surface area contributed by atoms with E-state index in [4.69, 9.17) is 0 Å². The highest BCUT2D eigenvalue weighted by molar-refractivity contribution is 7.92. The number of sulfone groups is 1. The zero-order valence-electron chi connectivity index (χ0n) is 12.6. The molecule has 0 spiro atoms. The molecule has 5 nitrogen and oxygen atoms in total. The van der Waals surface area contributed by atoms with E-state index in [0.717, 1.165) is 31.8 Å². The lowest BCUT2D eigenvalue weighted by Gasteiger charge is -2.21. The third-order valence-electron chi connectivity index (χ3n) is 5.52. The number of hydrogen-bond donors (Lipinski definition) is 1. The number of urea groups is 1. The van der Waals surface area contributed by atoms with Crippen LogP contribution in [-0.2, 0) is 9.84 Å². The van der Waals surface area contributed by atoms with Gasteiger partial charge in [0.2, 0.25) is 0 Å². The highest BCUT2D eigenvalue weighted by atomic mass is 32.2. The molecule has 3 fully saturated rings. The number of nitrogens with zero attached hydrogens (tertiary/aromatic N) is 1. The summed E-state index contributed by atoms with van der Waals surface area (Å²) in [6.07, 6.45) is 7.85. The van der Waals surface area contributed by atoms with Gasteiger partial charge in [-0.2, -0.15) is 0 Å². The monoisotopic (exact) mass is 314 g/mol. The molecule has 3 aliphatic rings. The average Bonchev–Trinajstić information content (AvgIpc) is 3.16. The van der Waals surface area contributed by atoms with E-state index >= 15 is 0 Å². The molecule has 2 aliphatic heterocycles. The number of rotatable bonds is 3. The van der Waals surface area contributed by atoms with Crippen LogP contribution in [-0.4, -0.2) is 50.0 Å². The second-order valence-corrected chi connectivity index (χ2v) is 9.26. The first kappa shape index (κ1) is 15.1. The Morgan fingerprint density at radius 2 is 1.81 bits per heavy atom. The molecule has 2 unspecified atom stereocenters. The Bertz CT molecular complexity index is 485. The molecule has 2 saturated heterocycles. The van der Waals surface area contributed by atoms with Gasteiger partial charge in [0, 0.05) is 19.6 Å². The molecule has 1 aliphatic carbocycles. The summed E-state index contributed by atoms with van der Waals surface area (Å²) < 4.78 is 23.5. The third-order valence-corrected chi connectivity index (χ3v) is 7.80. The normalized spacial score (nSPS) is 32.7. The van der Waals surface area contributed by atoms with Gasteiger partial charge in [-0.1, -0.05) is 25.7 Å². The number of carbonyl (C=O) groups is 1. The number of carbonyl (C=O) groups excluding carboxylic acids is 1. The first-order chi connectivity index (χ1) is 10.1. The zero-order valence-corrected chi connectivity index (χ0v) is 13.4. The molecule has 21 heavy (non-hydrogen) atoms. The highest BCUT2D eigenvalue weighted by Crippen LogP contribution is 2.36. The summed E-state index contributed by atoms with van der Waals surface area (Å²) in [4.78, 5) is 14.1. The lowest BCUT2D eigenvalue weighted by atomic mass is 9.90. The van der Waals surface area contributed by atoms with Crippen molar-refractivity contribution >= 4 is 15.9 Å². The van der Waals surface area contributed by atoms with Crippen LogP contribution in [0.3, 0.4) is 0 Å². The Kier molecular flexibility index (Phi) is 4.43. The van der Waals surface area contributed by atoms with Gasteiger partial charge < -0.3 is 10.2 Å². The Balaban J connectivity index is 1.46. The van der Waals surface area contributed by atoms with Crippen molar-refractivity contribution in [3.63, 3.8) is 0 Å². The molecular formula is C15H26N2O3S. The fraction of sp³-hybridized carbons (Fsp3) is 0.933. The number of likely N-dealkylation sites (tertiary alicyclic amines) is 1. The van der Waals surface area contributed by atoms with Crippen molar-refractivity contribution in [3.8, 4) is 0 Å². The van der Waals surface area contributed by atoms with Gasteiger partial charge in [-0.25, -0.2) is 13.2 Å². The predicted molar refractivity (Wildman–Crippen MR) is 81.8 cm³/mol. The van der Waals surface area contributed by atoms with Gasteiger partial charge in [0.1, 0.15) is 0 Å². The number of amides is 2. The van der Waals surface area contributed by atoms with Crippen LogP contribution in [0.4, 0.5) is 4.79 Å². The summed E-state index contributed by atoms with van der Waals surface area (Å²) >= 11 is 0. The van der Waals surface area contributed by atoms with Gasteiger partial charge in [0.05, 0.1) is 11.0 Å². The van der Waals surface area contributed by atoms with Crippen LogP contribution < -0.4 is 5.32 Å². The largest absolute Gasteiger partial charge is 0.337 e. The molecular weight excluding hydrogens is 288 g/mol. The molecule has 2 amide bonds. The van der Waals surface area contributed by atoms with E-state index < -0.39 is 9.84 Å². The maximum atomic E-state index is 12.2. The second kappa shape index (κ2) is 6.15. The molecule has 2 heterocycles. The minimum absolute atomic E-state index is 0.0717. The summed E-state index contributed by atoms with van der Waals surface area (Å²) in [6, 6.07) is -0.0717. The molecule has 6 heteroatoms. The third kappa shape index (κ3) is 3.35. The van der Waals surface area contributed by atoms with Crippen LogP contribution in [0.2, 0.25) is 0 Å². The predicted octanol–water partition coefficient (Wildman–Crippen LogP) is 1.79. The average molecular weight is 314 g/mol. The summed E-state index contributed by atoms with van der Waals surface area (Å²) in [5.74, 6) is 1.74. The molecule has 0 aromatic rings. The molecule has 1 N–H and O–H groups in total. The maximum absolute atomic E-state index is 12.2. The van der Waals surface area contributed by atoms with Crippen molar-refractivity contribution in [2.24, 2.45) is 11.8 Å². The van der Waals surface area contributed by atoms with Gasteiger partial charge in [-0.15, -0.1) is 0 Å². The standard InChI is InChI=1S/C15H26N2O3S/c18-15(16-10-14-6-3-9-21(14,19)20)17-8-7-13(11-17)12-4-1-2-5-12/h12-14H,1-11H2,(H,16,18). The van der Waals surface area contributed by atoms with Crippen molar-refractivity contribution in [1.29, 1.82) is 0 Å². The van der Waals surface area contributed by atoms with Crippen LogP contribution in [0.15, 0.2) is 0 Å². The molecule has 0 aromatic carbocycles. The Hall–Kier alpha value is -0.780. The smallest absolute Gasteiger partial charge is 0.317 e. The van der Waals surface area contributed by atoms with Crippen LogP contribution in [0, 0.1) is 11.8 Å². The van der Waals surface area contributed by atoms with E-state index in [1.54, 1.807) is 0 Å². The van der Waals surface area contributed by atoms with Gasteiger partial charge in [0.15, 0.2) is 9.84 Å². The van der Waals surface area contributed by atoms with Gasteiger partial charge in [0.25, 0.3) is 0 Å². The number of nitrogens with one attached hydrogen (secondary N) is 1. The van der Waals surface area contributed by atoms with E-state index in [9.17, 15) is 13.2 Å². The van der Waals surface area contributed by atoms with Crippen LogP contribution in [0.25, 0.3) is 0 Å². The van der Waals surface area contributed by atoms with Gasteiger partial charge >= 0.3 is 6.03 Å². The first-order valence-corrected chi connectivity index (χ1v) is 10.0. The summed E-state index contributed by atoms with van der Waals surface area (Å²) in [5, 5.41) is 2.48. The molecule has 3 rings (SSSR count). The number of hydrogen-bond acceptors (Lipinski definition) is 3. The van der Waals surface area contributed by atoms with E-state index in [2.05, 4.69) is 5.32 Å². The molecule has 0 radical (unpaired) electrons. The Labute approximate surface area is 127 Å². The molecule has 1 saturated carbocycles. The zero-order chi connectivity index (χ0) is 14.9. The van der Waals surface area contributed by atoms with Crippen LogP contribution in [0.1, 0.15) is 44.9 Å². The highest BCUT2D eigenvalue weighted by Gasteiger charge is 2.35. The van der Waals surface area contributed by atoms with Gasteiger partial charge in [-0.05, 0) is 31.1 Å². The lowest BCUT2D eigenvalue weighted by Crippen LogP contribution is -2.42. The van der Waals surface area contributed by atoms with E-state index in [0.29, 0.717) is 12.3 Å². The fourth-order valence-corrected chi connectivity index (χ4v) is 5.95. The quantitative estimate of drug-likeness (QED) is 0.863. The van der Waals surface area contributed by atoms with Crippen molar-refractivity contribution in [2.45, 2.75) is 50.2 Å². The molecule has 0 aromatic heterocycles. The van der Waals surface area contributed by atoms with E-state index in [-0.39, 0.29) is 23.6 Å².